The van der Waals surface area contributed by atoms with Gasteiger partial charge in [0, 0.05) is 18.6 Å². The van der Waals surface area contributed by atoms with Crippen molar-refractivity contribution in [3.05, 3.63) is 6.20 Å². The van der Waals surface area contributed by atoms with Crippen molar-refractivity contribution in [2.45, 2.75) is 26.3 Å². The van der Waals surface area contributed by atoms with Crippen LogP contribution in [0.2, 0.25) is 0 Å². The minimum atomic E-state index is -0.0295. The van der Waals surface area contributed by atoms with E-state index in [1.54, 1.807) is 6.20 Å². The highest BCUT2D eigenvalue weighted by Gasteiger charge is 2.16. The molecule has 6 nitrogen and oxygen atoms in total. The summed E-state index contributed by atoms with van der Waals surface area (Å²) in [7, 11) is 0. The van der Waals surface area contributed by atoms with Gasteiger partial charge in [-0.1, -0.05) is 0 Å². The van der Waals surface area contributed by atoms with Gasteiger partial charge >= 0.3 is 0 Å². The van der Waals surface area contributed by atoms with Gasteiger partial charge in [0.1, 0.15) is 0 Å². The summed E-state index contributed by atoms with van der Waals surface area (Å²) in [6, 6.07) is 0. The minimum Gasteiger partial charge on any atom is -0.378 e. The van der Waals surface area contributed by atoms with Crippen molar-refractivity contribution < 1.29 is 4.74 Å². The van der Waals surface area contributed by atoms with Gasteiger partial charge in [-0.2, -0.15) is 10.1 Å². The molecule has 0 radical (unpaired) electrons. The van der Waals surface area contributed by atoms with Gasteiger partial charge in [0.25, 0.3) is 0 Å². The van der Waals surface area contributed by atoms with E-state index in [1.807, 2.05) is 0 Å². The van der Waals surface area contributed by atoms with Crippen molar-refractivity contribution in [1.82, 2.24) is 15.2 Å². The highest BCUT2D eigenvalue weighted by Crippen LogP contribution is 2.14. The maximum absolute atomic E-state index is 5.30. The predicted molar refractivity (Wildman–Crippen MR) is 66.2 cm³/mol. The van der Waals surface area contributed by atoms with Crippen LogP contribution in [0.5, 0.6) is 0 Å². The second-order valence-corrected chi connectivity index (χ2v) is 5.12. The quantitative estimate of drug-likeness (QED) is 0.825. The van der Waals surface area contributed by atoms with E-state index in [2.05, 4.69) is 46.2 Å². The monoisotopic (exact) mass is 237 g/mol. The fraction of sp³-hybridized carbons (Fsp3) is 0.727. The lowest BCUT2D eigenvalue weighted by molar-refractivity contribution is 0.122. The summed E-state index contributed by atoms with van der Waals surface area (Å²) in [6.45, 7) is 9.35. The predicted octanol–water partition coefficient (Wildman–Crippen LogP) is 0.919. The molecule has 2 heterocycles. The molecule has 0 amide bonds. The SMILES string of the molecule is CC(C)(C)Nc1cnnc(N2CCOCC2)n1. The summed E-state index contributed by atoms with van der Waals surface area (Å²) in [5.41, 5.74) is -0.0295. The average molecular weight is 237 g/mol. The largest absolute Gasteiger partial charge is 0.378 e. The maximum atomic E-state index is 5.30. The molecule has 2 rings (SSSR count). The molecule has 1 aromatic rings. The van der Waals surface area contributed by atoms with Gasteiger partial charge in [-0.3, -0.25) is 0 Å². The molecule has 1 N–H and O–H groups in total. The van der Waals surface area contributed by atoms with E-state index < -0.39 is 0 Å². The van der Waals surface area contributed by atoms with Crippen LogP contribution >= 0.6 is 0 Å². The molecule has 0 saturated carbocycles. The number of hydrogen-bond donors (Lipinski definition) is 1. The van der Waals surface area contributed by atoms with Gasteiger partial charge in [-0.05, 0) is 20.8 Å². The summed E-state index contributed by atoms with van der Waals surface area (Å²) < 4.78 is 5.30. The summed E-state index contributed by atoms with van der Waals surface area (Å²) in [5, 5.41) is 11.3. The molecule has 0 unspecified atom stereocenters. The van der Waals surface area contributed by atoms with E-state index in [-0.39, 0.29) is 5.54 Å². The highest BCUT2D eigenvalue weighted by molar-refractivity contribution is 5.40. The van der Waals surface area contributed by atoms with Gasteiger partial charge in [0.15, 0.2) is 5.82 Å². The Morgan fingerprint density at radius 1 is 1.29 bits per heavy atom. The van der Waals surface area contributed by atoms with E-state index in [0.29, 0.717) is 5.95 Å². The zero-order valence-corrected chi connectivity index (χ0v) is 10.6. The van der Waals surface area contributed by atoms with Crippen molar-refractivity contribution in [1.29, 1.82) is 0 Å². The van der Waals surface area contributed by atoms with Crippen molar-refractivity contribution >= 4 is 11.8 Å². The van der Waals surface area contributed by atoms with E-state index in [9.17, 15) is 0 Å². The molecule has 1 aliphatic rings. The number of nitrogens with zero attached hydrogens (tertiary/aromatic N) is 4. The fourth-order valence-electron chi connectivity index (χ4n) is 1.64. The fourth-order valence-corrected chi connectivity index (χ4v) is 1.64. The number of nitrogens with one attached hydrogen (secondary N) is 1. The van der Waals surface area contributed by atoms with E-state index in [4.69, 9.17) is 4.74 Å². The van der Waals surface area contributed by atoms with Gasteiger partial charge in [0.2, 0.25) is 5.95 Å². The lowest BCUT2D eigenvalue weighted by atomic mass is 10.1. The smallest absolute Gasteiger partial charge is 0.247 e. The van der Waals surface area contributed by atoms with Crippen LogP contribution in [0.3, 0.4) is 0 Å². The van der Waals surface area contributed by atoms with Crippen LogP contribution < -0.4 is 10.2 Å². The van der Waals surface area contributed by atoms with Crippen LogP contribution in [0, 0.1) is 0 Å². The number of ether oxygens (including phenoxy) is 1. The number of rotatable bonds is 2. The first-order chi connectivity index (χ1) is 8.04. The van der Waals surface area contributed by atoms with Crippen molar-refractivity contribution in [2.75, 3.05) is 36.5 Å². The van der Waals surface area contributed by atoms with E-state index >= 15 is 0 Å². The molecule has 94 valence electrons. The molecule has 17 heavy (non-hydrogen) atoms. The van der Waals surface area contributed by atoms with Crippen LogP contribution in [-0.2, 0) is 4.74 Å². The summed E-state index contributed by atoms with van der Waals surface area (Å²) in [6.07, 6.45) is 1.65. The second-order valence-electron chi connectivity index (χ2n) is 5.12. The van der Waals surface area contributed by atoms with Crippen LogP contribution in [0.15, 0.2) is 6.20 Å². The lowest BCUT2D eigenvalue weighted by Crippen LogP contribution is -2.37. The third-order valence-electron chi connectivity index (χ3n) is 2.34. The van der Waals surface area contributed by atoms with Crippen molar-refractivity contribution in [2.24, 2.45) is 0 Å². The standard InChI is InChI=1S/C11H19N5O/c1-11(2,3)14-9-8-12-15-10(13-9)16-4-6-17-7-5-16/h8H,4-7H2,1-3H3,(H,13,14,15). The Labute approximate surface area is 101 Å². The van der Waals surface area contributed by atoms with Crippen LogP contribution in [0.1, 0.15) is 20.8 Å². The number of aromatic nitrogens is 3. The first kappa shape index (κ1) is 12.0. The lowest BCUT2D eigenvalue weighted by Gasteiger charge is -2.27. The number of anilines is 2. The summed E-state index contributed by atoms with van der Waals surface area (Å²) >= 11 is 0. The first-order valence-electron chi connectivity index (χ1n) is 5.85. The molecular weight excluding hydrogens is 218 g/mol. The number of hydrogen-bond acceptors (Lipinski definition) is 6. The maximum Gasteiger partial charge on any atom is 0.247 e. The molecule has 0 aromatic carbocycles. The minimum absolute atomic E-state index is 0.0295. The van der Waals surface area contributed by atoms with Crippen molar-refractivity contribution in [3.8, 4) is 0 Å². The molecule has 0 atom stereocenters. The van der Waals surface area contributed by atoms with Crippen LogP contribution in [0.4, 0.5) is 11.8 Å². The zero-order valence-electron chi connectivity index (χ0n) is 10.6. The van der Waals surface area contributed by atoms with Gasteiger partial charge < -0.3 is 15.0 Å². The van der Waals surface area contributed by atoms with Crippen LogP contribution in [0.25, 0.3) is 0 Å². The zero-order chi connectivity index (χ0) is 12.3. The highest BCUT2D eigenvalue weighted by atomic mass is 16.5. The summed E-state index contributed by atoms with van der Waals surface area (Å²) in [5.74, 6) is 1.43. The Hall–Kier alpha value is -1.43. The third kappa shape index (κ3) is 3.52. The Balaban J connectivity index is 2.10. The molecule has 0 aliphatic carbocycles. The topological polar surface area (TPSA) is 63.2 Å². The Morgan fingerprint density at radius 2 is 2.00 bits per heavy atom. The molecule has 1 aliphatic heterocycles. The number of morpholine rings is 1. The molecule has 1 aromatic heterocycles. The molecule has 0 bridgehead atoms. The molecule has 0 spiro atoms. The molecule has 1 fully saturated rings. The molecule has 6 heteroatoms. The summed E-state index contributed by atoms with van der Waals surface area (Å²) in [4.78, 5) is 6.56. The van der Waals surface area contributed by atoms with E-state index in [1.165, 1.54) is 0 Å². The second kappa shape index (κ2) is 4.83. The third-order valence-corrected chi connectivity index (χ3v) is 2.34. The van der Waals surface area contributed by atoms with Gasteiger partial charge in [-0.15, -0.1) is 5.10 Å². The Kier molecular flexibility index (Phi) is 3.42. The van der Waals surface area contributed by atoms with E-state index in [0.717, 1.165) is 32.1 Å². The van der Waals surface area contributed by atoms with Gasteiger partial charge in [0.05, 0.1) is 19.4 Å². The molecule has 1 saturated heterocycles. The van der Waals surface area contributed by atoms with Crippen molar-refractivity contribution in [3.63, 3.8) is 0 Å². The normalized spacial score (nSPS) is 17.0. The van der Waals surface area contributed by atoms with Gasteiger partial charge in [-0.25, -0.2) is 0 Å². The Morgan fingerprint density at radius 3 is 2.65 bits per heavy atom. The van der Waals surface area contributed by atoms with Crippen LogP contribution in [-0.4, -0.2) is 47.0 Å². The first-order valence-corrected chi connectivity index (χ1v) is 5.85. The molecular formula is C11H19N5O. The Bertz CT molecular complexity index is 370. The average Bonchev–Trinajstić information content (AvgIpc) is 2.28.